The quantitative estimate of drug-likeness (QED) is 0.298. The highest BCUT2D eigenvalue weighted by molar-refractivity contribution is 6.30. The Morgan fingerprint density at radius 1 is 1.17 bits per heavy atom. The van der Waals surface area contributed by atoms with E-state index in [1.807, 2.05) is 23.1 Å². The molecule has 0 radical (unpaired) electrons. The lowest BCUT2D eigenvalue weighted by atomic mass is 10.2. The normalized spacial score (nSPS) is 14.1. The molecule has 7 nitrogen and oxygen atoms in total. The molecule has 1 aliphatic rings. The van der Waals surface area contributed by atoms with Gasteiger partial charge in [0.05, 0.1) is 17.5 Å². The van der Waals surface area contributed by atoms with Crippen molar-refractivity contribution < 1.29 is 9.34 Å². The van der Waals surface area contributed by atoms with Crippen LogP contribution < -0.4 is 0 Å². The zero-order chi connectivity index (χ0) is 21.1. The van der Waals surface area contributed by atoms with E-state index in [1.54, 1.807) is 36.5 Å². The molecule has 1 aliphatic heterocycles. The maximum atomic E-state index is 11.8. The number of pyridine rings is 1. The second kappa shape index (κ2) is 8.69. The fraction of sp³-hybridized carbons (Fsp3) is 0.143. The molecule has 1 aromatic carbocycles. The fourth-order valence-corrected chi connectivity index (χ4v) is 3.37. The number of rotatable bonds is 6. The summed E-state index contributed by atoms with van der Waals surface area (Å²) >= 11 is 11.7. The summed E-state index contributed by atoms with van der Waals surface area (Å²) in [6.45, 7) is 1.51. The van der Waals surface area contributed by atoms with Crippen LogP contribution >= 0.6 is 23.2 Å². The topological polar surface area (TPSA) is 84.8 Å². The summed E-state index contributed by atoms with van der Waals surface area (Å²) < 4.78 is 5.79. The van der Waals surface area contributed by atoms with Gasteiger partial charge in [0.15, 0.2) is 0 Å². The van der Waals surface area contributed by atoms with Gasteiger partial charge in [0, 0.05) is 29.9 Å². The number of hydrogen-bond donors (Lipinski definition) is 0. The third-order valence-electron chi connectivity index (χ3n) is 4.55. The van der Waals surface area contributed by atoms with Crippen LogP contribution in [0.15, 0.2) is 69.8 Å². The molecular weight excluding hydrogens is 427 g/mol. The summed E-state index contributed by atoms with van der Waals surface area (Å²) in [5.41, 5.74) is 1.60. The lowest BCUT2D eigenvalue weighted by Crippen LogP contribution is -2.30. The van der Waals surface area contributed by atoms with Gasteiger partial charge >= 0.3 is 5.70 Å². The number of nitro groups is 1. The van der Waals surface area contributed by atoms with Crippen LogP contribution in [0.2, 0.25) is 10.2 Å². The van der Waals surface area contributed by atoms with E-state index in [-0.39, 0.29) is 5.70 Å². The Hall–Kier alpha value is -3.16. The molecule has 9 heteroatoms. The van der Waals surface area contributed by atoms with Crippen LogP contribution in [0, 0.1) is 10.1 Å². The lowest BCUT2D eigenvalue weighted by molar-refractivity contribution is -0.414. The zero-order valence-electron chi connectivity index (χ0n) is 15.7. The van der Waals surface area contributed by atoms with Crippen LogP contribution in [0.5, 0.6) is 0 Å². The van der Waals surface area contributed by atoms with Crippen molar-refractivity contribution in [2.45, 2.75) is 6.54 Å². The molecule has 0 atom stereocenters. The van der Waals surface area contributed by atoms with Crippen molar-refractivity contribution in [3.05, 3.63) is 92.0 Å². The van der Waals surface area contributed by atoms with E-state index >= 15 is 0 Å². The highest BCUT2D eigenvalue weighted by Crippen LogP contribution is 2.26. The molecular formula is C21H16Cl2N4O3. The number of hydrogen-bond acceptors (Lipinski definition) is 6. The second-order valence-corrected chi connectivity index (χ2v) is 7.44. The third-order valence-corrected chi connectivity index (χ3v) is 5.03. The molecule has 0 aliphatic carbocycles. The molecule has 4 rings (SSSR count). The first-order valence-electron chi connectivity index (χ1n) is 9.11. The maximum absolute atomic E-state index is 11.8. The summed E-state index contributed by atoms with van der Waals surface area (Å²) in [5.74, 6) is 1.28. The highest BCUT2D eigenvalue weighted by Gasteiger charge is 2.29. The van der Waals surface area contributed by atoms with Gasteiger partial charge in [0.25, 0.3) is 0 Å². The summed E-state index contributed by atoms with van der Waals surface area (Å²) in [7, 11) is 0. The van der Waals surface area contributed by atoms with Crippen LogP contribution in [0.1, 0.15) is 11.3 Å². The Balaban J connectivity index is 1.58. The largest absolute Gasteiger partial charge is 0.456 e. The maximum Gasteiger partial charge on any atom is 0.314 e. The van der Waals surface area contributed by atoms with E-state index in [0.717, 1.165) is 11.1 Å². The first kappa shape index (κ1) is 20.1. The molecule has 30 heavy (non-hydrogen) atoms. The molecule has 0 N–H and O–H groups in total. The van der Waals surface area contributed by atoms with Crippen molar-refractivity contribution in [2.24, 2.45) is 4.99 Å². The second-order valence-electron chi connectivity index (χ2n) is 6.61. The molecule has 0 amide bonds. The Morgan fingerprint density at radius 2 is 1.97 bits per heavy atom. The number of aromatic nitrogens is 1. The van der Waals surface area contributed by atoms with Gasteiger partial charge in [-0.1, -0.05) is 29.3 Å². The summed E-state index contributed by atoms with van der Waals surface area (Å²) in [6.07, 6.45) is 3.05. The van der Waals surface area contributed by atoms with Crippen molar-refractivity contribution in [1.82, 2.24) is 9.88 Å². The summed E-state index contributed by atoms with van der Waals surface area (Å²) in [5, 5.41) is 12.8. The van der Waals surface area contributed by atoms with E-state index < -0.39 is 4.92 Å². The van der Waals surface area contributed by atoms with Crippen molar-refractivity contribution in [3.8, 4) is 11.3 Å². The minimum atomic E-state index is -0.443. The number of amidine groups is 1. The average Bonchev–Trinajstić information content (AvgIpc) is 3.38. The van der Waals surface area contributed by atoms with Crippen molar-refractivity contribution in [2.75, 3.05) is 13.1 Å². The molecule has 3 heterocycles. The summed E-state index contributed by atoms with van der Waals surface area (Å²) in [6, 6.07) is 14.2. The van der Waals surface area contributed by atoms with Gasteiger partial charge in [-0.25, -0.2) is 4.98 Å². The van der Waals surface area contributed by atoms with Gasteiger partial charge < -0.3 is 9.32 Å². The van der Waals surface area contributed by atoms with Crippen molar-refractivity contribution >= 4 is 35.1 Å². The number of benzene rings is 1. The molecule has 0 fully saturated rings. The summed E-state index contributed by atoms with van der Waals surface area (Å²) in [4.78, 5) is 21.6. The number of halogens is 2. The SMILES string of the molecule is O=[N+]([O-])/C(=C/c1ccc(-c2ccc(Cl)cc2)o1)C1=NCCN1Cc1ccc(Cl)nc1. The Kier molecular flexibility index (Phi) is 5.83. The Bertz CT molecular complexity index is 1120. The van der Waals surface area contributed by atoms with Crippen molar-refractivity contribution in [3.63, 3.8) is 0 Å². The predicted molar refractivity (Wildman–Crippen MR) is 116 cm³/mol. The molecule has 3 aromatic rings. The molecule has 152 valence electrons. The molecule has 2 aromatic heterocycles. The Morgan fingerprint density at radius 3 is 2.67 bits per heavy atom. The minimum absolute atomic E-state index is 0.119. The van der Waals surface area contributed by atoms with Crippen LogP contribution in [0.3, 0.4) is 0 Å². The molecule has 0 saturated carbocycles. The smallest absolute Gasteiger partial charge is 0.314 e. The third kappa shape index (κ3) is 4.53. The first-order valence-corrected chi connectivity index (χ1v) is 9.87. The van der Waals surface area contributed by atoms with E-state index in [2.05, 4.69) is 9.98 Å². The standard InChI is InChI=1S/C21H16Cl2N4O3/c22-16-4-2-15(3-5-16)19-7-6-17(30-19)11-18(27(28)29)21-24-9-10-26(21)13-14-1-8-20(23)25-12-14/h1-8,11-12H,9-10,13H2/b18-11+. The highest BCUT2D eigenvalue weighted by atomic mass is 35.5. The van der Waals surface area contributed by atoms with Gasteiger partial charge in [0.1, 0.15) is 16.7 Å². The van der Waals surface area contributed by atoms with Crippen molar-refractivity contribution in [1.29, 1.82) is 0 Å². The molecule has 0 spiro atoms. The number of furan rings is 1. The first-order chi connectivity index (χ1) is 14.5. The number of aliphatic imine (C=N–C) groups is 1. The van der Waals surface area contributed by atoms with E-state index in [4.69, 9.17) is 27.6 Å². The minimum Gasteiger partial charge on any atom is -0.456 e. The van der Waals surface area contributed by atoms with Gasteiger partial charge in [-0.05, 0) is 48.0 Å². The van der Waals surface area contributed by atoms with Gasteiger partial charge in [0.2, 0.25) is 5.84 Å². The Labute approximate surface area is 182 Å². The fourth-order valence-electron chi connectivity index (χ4n) is 3.13. The van der Waals surface area contributed by atoms with E-state index in [9.17, 15) is 10.1 Å². The zero-order valence-corrected chi connectivity index (χ0v) is 17.2. The van der Waals surface area contributed by atoms with Crippen LogP contribution in [-0.2, 0) is 6.54 Å². The predicted octanol–water partition coefficient (Wildman–Crippen LogP) is 5.18. The molecule has 0 unspecified atom stereocenters. The van der Waals surface area contributed by atoms with Crippen LogP contribution in [0.4, 0.5) is 0 Å². The molecule has 0 saturated heterocycles. The monoisotopic (exact) mass is 442 g/mol. The van der Waals surface area contributed by atoms with Gasteiger partial charge in [-0.15, -0.1) is 0 Å². The molecule has 0 bridgehead atoms. The lowest BCUT2D eigenvalue weighted by Gasteiger charge is -2.18. The van der Waals surface area contributed by atoms with Gasteiger partial charge in [-0.2, -0.15) is 0 Å². The average molecular weight is 443 g/mol. The van der Waals surface area contributed by atoms with Crippen LogP contribution in [-0.4, -0.2) is 33.7 Å². The van der Waals surface area contributed by atoms with E-state index in [0.29, 0.717) is 47.2 Å². The number of nitrogens with zero attached hydrogens (tertiary/aromatic N) is 4. The van der Waals surface area contributed by atoms with Crippen LogP contribution in [0.25, 0.3) is 17.4 Å². The van der Waals surface area contributed by atoms with Gasteiger partial charge in [-0.3, -0.25) is 15.1 Å². The van der Waals surface area contributed by atoms with E-state index in [1.165, 1.54) is 6.08 Å².